The SMILES string of the molecule is C=CCNc1nccn1C1CCN2CCCC12. The van der Waals surface area contributed by atoms with Gasteiger partial charge in [-0.1, -0.05) is 6.08 Å². The molecule has 1 aromatic rings. The zero-order valence-corrected chi connectivity index (χ0v) is 10.2. The van der Waals surface area contributed by atoms with Crippen molar-refractivity contribution in [3.8, 4) is 0 Å². The number of hydrogen-bond donors (Lipinski definition) is 1. The molecule has 2 aliphatic heterocycles. The van der Waals surface area contributed by atoms with E-state index in [0.717, 1.165) is 18.5 Å². The van der Waals surface area contributed by atoms with Crippen LogP contribution in [0.3, 0.4) is 0 Å². The average Bonchev–Trinajstić information content (AvgIpc) is 3.01. The zero-order valence-electron chi connectivity index (χ0n) is 10.2. The molecule has 1 N–H and O–H groups in total. The van der Waals surface area contributed by atoms with E-state index in [1.54, 1.807) is 0 Å². The van der Waals surface area contributed by atoms with Crippen molar-refractivity contribution >= 4 is 5.95 Å². The Morgan fingerprint density at radius 1 is 1.41 bits per heavy atom. The predicted octanol–water partition coefficient (Wildman–Crippen LogP) is 1.89. The summed E-state index contributed by atoms with van der Waals surface area (Å²) in [5.41, 5.74) is 0. The van der Waals surface area contributed by atoms with Crippen LogP contribution in [-0.4, -0.2) is 40.1 Å². The topological polar surface area (TPSA) is 33.1 Å². The van der Waals surface area contributed by atoms with Gasteiger partial charge in [-0.2, -0.15) is 0 Å². The molecule has 0 aromatic carbocycles. The van der Waals surface area contributed by atoms with E-state index in [1.165, 1.54) is 32.4 Å². The molecule has 1 aromatic heterocycles. The number of imidazole rings is 1. The summed E-state index contributed by atoms with van der Waals surface area (Å²) in [6.45, 7) is 7.04. The van der Waals surface area contributed by atoms with Gasteiger partial charge in [-0.15, -0.1) is 6.58 Å². The fraction of sp³-hybridized carbons (Fsp3) is 0.615. The largest absolute Gasteiger partial charge is 0.352 e. The quantitative estimate of drug-likeness (QED) is 0.805. The Morgan fingerprint density at radius 3 is 3.24 bits per heavy atom. The van der Waals surface area contributed by atoms with E-state index in [4.69, 9.17) is 0 Å². The van der Waals surface area contributed by atoms with Crippen molar-refractivity contribution in [2.75, 3.05) is 25.0 Å². The zero-order chi connectivity index (χ0) is 11.7. The molecule has 4 nitrogen and oxygen atoms in total. The van der Waals surface area contributed by atoms with Crippen molar-refractivity contribution in [1.29, 1.82) is 0 Å². The first-order chi connectivity index (χ1) is 8.40. The molecule has 3 heterocycles. The van der Waals surface area contributed by atoms with Gasteiger partial charge < -0.3 is 9.88 Å². The van der Waals surface area contributed by atoms with E-state index in [9.17, 15) is 0 Å². The summed E-state index contributed by atoms with van der Waals surface area (Å²) < 4.78 is 2.32. The molecular formula is C13H20N4. The summed E-state index contributed by atoms with van der Waals surface area (Å²) in [5.74, 6) is 0.989. The lowest BCUT2D eigenvalue weighted by molar-refractivity contribution is 0.291. The molecule has 0 amide bonds. The maximum atomic E-state index is 4.40. The lowest BCUT2D eigenvalue weighted by atomic mass is 10.1. The minimum Gasteiger partial charge on any atom is -0.352 e. The first kappa shape index (κ1) is 10.8. The lowest BCUT2D eigenvalue weighted by Crippen LogP contribution is -2.28. The minimum absolute atomic E-state index is 0.604. The molecule has 2 fully saturated rings. The molecule has 4 heteroatoms. The summed E-state index contributed by atoms with van der Waals surface area (Å²) in [6.07, 6.45) is 9.81. The molecule has 2 saturated heterocycles. The van der Waals surface area contributed by atoms with Crippen LogP contribution in [0.25, 0.3) is 0 Å². The molecule has 3 rings (SSSR count). The van der Waals surface area contributed by atoms with E-state index in [-0.39, 0.29) is 0 Å². The summed E-state index contributed by atoms with van der Waals surface area (Å²) in [6, 6.07) is 1.33. The first-order valence-corrected chi connectivity index (χ1v) is 6.52. The van der Waals surface area contributed by atoms with Crippen molar-refractivity contribution < 1.29 is 0 Å². The molecule has 2 atom stereocenters. The van der Waals surface area contributed by atoms with Crippen LogP contribution in [0.2, 0.25) is 0 Å². The van der Waals surface area contributed by atoms with E-state index in [2.05, 4.69) is 32.5 Å². The second-order valence-corrected chi connectivity index (χ2v) is 4.93. The third-order valence-corrected chi connectivity index (χ3v) is 4.00. The van der Waals surface area contributed by atoms with Crippen molar-refractivity contribution in [2.24, 2.45) is 0 Å². The van der Waals surface area contributed by atoms with Gasteiger partial charge in [0.15, 0.2) is 0 Å². The van der Waals surface area contributed by atoms with Crippen LogP contribution < -0.4 is 5.32 Å². The maximum Gasteiger partial charge on any atom is 0.203 e. The summed E-state index contributed by atoms with van der Waals surface area (Å²) in [5, 5.41) is 3.31. The number of fused-ring (bicyclic) bond motifs is 1. The van der Waals surface area contributed by atoms with Crippen LogP contribution in [-0.2, 0) is 0 Å². The summed E-state index contributed by atoms with van der Waals surface area (Å²) in [7, 11) is 0. The van der Waals surface area contributed by atoms with E-state index in [0.29, 0.717) is 6.04 Å². The Balaban J connectivity index is 1.79. The van der Waals surface area contributed by atoms with Crippen LogP contribution in [0.5, 0.6) is 0 Å². The predicted molar refractivity (Wildman–Crippen MR) is 69.2 cm³/mol. The first-order valence-electron chi connectivity index (χ1n) is 6.52. The van der Waals surface area contributed by atoms with Gasteiger partial charge in [-0.25, -0.2) is 4.98 Å². The van der Waals surface area contributed by atoms with Crippen LogP contribution in [0.15, 0.2) is 25.0 Å². The van der Waals surface area contributed by atoms with E-state index in [1.807, 2.05) is 12.3 Å². The van der Waals surface area contributed by atoms with Gasteiger partial charge in [0.05, 0.1) is 6.04 Å². The highest BCUT2D eigenvalue weighted by Crippen LogP contribution is 2.37. The van der Waals surface area contributed by atoms with Gasteiger partial charge >= 0.3 is 0 Å². The normalized spacial score (nSPS) is 28.2. The van der Waals surface area contributed by atoms with Gasteiger partial charge in [0.1, 0.15) is 0 Å². The number of hydrogen-bond acceptors (Lipinski definition) is 3. The Morgan fingerprint density at radius 2 is 2.35 bits per heavy atom. The van der Waals surface area contributed by atoms with Crippen molar-refractivity contribution in [3.63, 3.8) is 0 Å². The highest BCUT2D eigenvalue weighted by molar-refractivity contribution is 5.28. The monoisotopic (exact) mass is 232 g/mol. The van der Waals surface area contributed by atoms with Gasteiger partial charge in [0.2, 0.25) is 5.95 Å². The molecule has 17 heavy (non-hydrogen) atoms. The molecule has 92 valence electrons. The van der Waals surface area contributed by atoms with Gasteiger partial charge in [-0.05, 0) is 25.8 Å². The summed E-state index contributed by atoms with van der Waals surface area (Å²) in [4.78, 5) is 7.02. The Labute approximate surface area is 102 Å². The standard InChI is InChI=1S/C13H20N4/c1-2-6-14-13-15-7-10-17(13)12-5-9-16-8-3-4-11(12)16/h2,7,10-12H,1,3-6,8-9H2,(H,14,15). The Kier molecular flexibility index (Phi) is 2.89. The second-order valence-electron chi connectivity index (χ2n) is 4.93. The number of nitrogens with one attached hydrogen (secondary N) is 1. The number of nitrogens with zero attached hydrogens (tertiary/aromatic N) is 3. The van der Waals surface area contributed by atoms with Crippen LogP contribution in [0, 0.1) is 0 Å². The Hall–Kier alpha value is -1.29. The third kappa shape index (κ3) is 1.86. The molecule has 0 aliphatic carbocycles. The van der Waals surface area contributed by atoms with Gasteiger partial charge in [0, 0.05) is 31.5 Å². The second kappa shape index (κ2) is 4.53. The van der Waals surface area contributed by atoms with Crippen LogP contribution >= 0.6 is 0 Å². The molecule has 2 unspecified atom stereocenters. The highest BCUT2D eigenvalue weighted by atomic mass is 15.3. The number of anilines is 1. The molecule has 0 spiro atoms. The van der Waals surface area contributed by atoms with E-state index < -0.39 is 0 Å². The third-order valence-electron chi connectivity index (χ3n) is 4.00. The number of rotatable bonds is 4. The molecular weight excluding hydrogens is 212 g/mol. The molecule has 0 radical (unpaired) electrons. The summed E-state index contributed by atoms with van der Waals surface area (Å²) >= 11 is 0. The molecule has 0 bridgehead atoms. The van der Waals surface area contributed by atoms with E-state index >= 15 is 0 Å². The fourth-order valence-electron chi connectivity index (χ4n) is 3.26. The Bertz CT molecular complexity index is 398. The maximum absolute atomic E-state index is 4.40. The molecule has 0 saturated carbocycles. The van der Waals surface area contributed by atoms with Crippen LogP contribution in [0.4, 0.5) is 5.95 Å². The van der Waals surface area contributed by atoms with Crippen LogP contribution in [0.1, 0.15) is 25.3 Å². The molecule has 2 aliphatic rings. The highest BCUT2D eigenvalue weighted by Gasteiger charge is 2.38. The van der Waals surface area contributed by atoms with Gasteiger partial charge in [0.25, 0.3) is 0 Å². The van der Waals surface area contributed by atoms with Crippen molar-refractivity contribution in [1.82, 2.24) is 14.5 Å². The lowest BCUT2D eigenvalue weighted by Gasteiger charge is -2.23. The van der Waals surface area contributed by atoms with Gasteiger partial charge in [-0.3, -0.25) is 4.90 Å². The average molecular weight is 232 g/mol. The fourth-order valence-corrected chi connectivity index (χ4v) is 3.26. The smallest absolute Gasteiger partial charge is 0.203 e. The van der Waals surface area contributed by atoms with Crippen molar-refractivity contribution in [3.05, 3.63) is 25.0 Å². The van der Waals surface area contributed by atoms with Crippen molar-refractivity contribution in [2.45, 2.75) is 31.3 Å². The number of aromatic nitrogens is 2. The minimum atomic E-state index is 0.604.